The molecule has 1 aromatic heterocycles. The Morgan fingerprint density at radius 3 is 2.38 bits per heavy atom. The molecule has 178 valence electrons. The summed E-state index contributed by atoms with van der Waals surface area (Å²) in [6, 6.07) is 11.7. The number of aryl methyl sites for hydroxylation is 1. The third kappa shape index (κ3) is 4.42. The Hall–Kier alpha value is -3.26. The molecule has 0 aliphatic carbocycles. The molecule has 3 aliphatic heterocycles. The minimum absolute atomic E-state index is 0.0224. The summed E-state index contributed by atoms with van der Waals surface area (Å²) in [5.41, 5.74) is 3.72. The van der Waals surface area contributed by atoms with Gasteiger partial charge in [-0.05, 0) is 61.9 Å². The van der Waals surface area contributed by atoms with Crippen LogP contribution in [0.15, 0.2) is 42.6 Å². The van der Waals surface area contributed by atoms with Gasteiger partial charge in [-0.15, -0.1) is 0 Å². The topological polar surface area (TPSA) is 94.6 Å². The highest BCUT2D eigenvalue weighted by Crippen LogP contribution is 2.33. The fourth-order valence-electron chi connectivity index (χ4n) is 5.09. The molecule has 4 heterocycles. The molecule has 8 heteroatoms. The van der Waals surface area contributed by atoms with E-state index < -0.39 is 0 Å². The second kappa shape index (κ2) is 9.54. The Balaban J connectivity index is 1.28. The maximum atomic E-state index is 13.3. The Labute approximate surface area is 199 Å². The number of hydrogen-bond acceptors (Lipinski definition) is 5. The van der Waals surface area contributed by atoms with Crippen LogP contribution in [0, 0.1) is 12.8 Å². The summed E-state index contributed by atoms with van der Waals surface area (Å²) in [6.45, 7) is 4.73. The molecule has 3 aliphatic rings. The highest BCUT2D eigenvalue weighted by molar-refractivity contribution is 6.02. The minimum Gasteiger partial charge on any atom is -0.344 e. The summed E-state index contributed by atoms with van der Waals surface area (Å²) in [5, 5.41) is 5.97. The van der Waals surface area contributed by atoms with E-state index in [1.54, 1.807) is 11.1 Å². The molecule has 0 spiro atoms. The van der Waals surface area contributed by atoms with Crippen molar-refractivity contribution in [3.8, 4) is 0 Å². The molecule has 5 rings (SSSR count). The van der Waals surface area contributed by atoms with Crippen LogP contribution >= 0.6 is 0 Å². The van der Waals surface area contributed by atoms with Crippen molar-refractivity contribution in [2.24, 2.45) is 5.92 Å². The number of piperidine rings is 1. The molecule has 0 radical (unpaired) electrons. The van der Waals surface area contributed by atoms with Gasteiger partial charge in [-0.2, -0.15) is 0 Å². The normalized spacial score (nSPS) is 21.1. The average Bonchev–Trinajstić information content (AvgIpc) is 3.26. The monoisotopic (exact) mass is 461 g/mol. The number of anilines is 2. The molecular formula is C26H31N5O3. The molecule has 1 aromatic carbocycles. The molecule has 2 aromatic rings. The zero-order valence-electron chi connectivity index (χ0n) is 19.5. The number of likely N-dealkylation sites (tertiary alicyclic amines) is 1. The Morgan fingerprint density at radius 1 is 1.06 bits per heavy atom. The Morgan fingerprint density at radius 2 is 1.79 bits per heavy atom. The molecule has 34 heavy (non-hydrogen) atoms. The number of pyridine rings is 1. The van der Waals surface area contributed by atoms with E-state index in [9.17, 15) is 14.4 Å². The van der Waals surface area contributed by atoms with Crippen LogP contribution in [0.5, 0.6) is 0 Å². The van der Waals surface area contributed by atoms with Crippen molar-refractivity contribution in [2.45, 2.75) is 44.6 Å². The summed E-state index contributed by atoms with van der Waals surface area (Å²) in [6.07, 6.45) is 4.57. The Bertz CT molecular complexity index is 1070. The van der Waals surface area contributed by atoms with Crippen molar-refractivity contribution >= 4 is 29.1 Å². The fraction of sp³-hybridized carbons (Fsp3) is 0.462. The number of carbonyl (C=O) groups excluding carboxylic acids is 3. The predicted octanol–water partition coefficient (Wildman–Crippen LogP) is 2.26. The summed E-state index contributed by atoms with van der Waals surface area (Å²) >= 11 is 0. The third-order valence-electron chi connectivity index (χ3n) is 7.29. The van der Waals surface area contributed by atoms with Gasteiger partial charge in [-0.3, -0.25) is 24.3 Å². The lowest BCUT2D eigenvalue weighted by molar-refractivity contribution is -0.135. The van der Waals surface area contributed by atoms with Gasteiger partial charge in [0.05, 0.1) is 17.3 Å². The van der Waals surface area contributed by atoms with E-state index in [-0.39, 0.29) is 29.7 Å². The lowest BCUT2D eigenvalue weighted by atomic mass is 9.89. The number of rotatable bonds is 5. The number of aromatic nitrogens is 1. The van der Waals surface area contributed by atoms with Gasteiger partial charge in [-0.1, -0.05) is 12.1 Å². The molecule has 0 bridgehead atoms. The lowest BCUT2D eigenvalue weighted by Gasteiger charge is -2.34. The van der Waals surface area contributed by atoms with Gasteiger partial charge in [0.25, 0.3) is 0 Å². The van der Waals surface area contributed by atoms with Gasteiger partial charge in [0.15, 0.2) is 0 Å². The van der Waals surface area contributed by atoms with Crippen LogP contribution in [-0.4, -0.2) is 59.8 Å². The summed E-state index contributed by atoms with van der Waals surface area (Å²) in [4.78, 5) is 45.5. The first-order chi connectivity index (χ1) is 16.5. The fourth-order valence-corrected chi connectivity index (χ4v) is 5.09. The zero-order chi connectivity index (χ0) is 23.7. The number of nitrogens with zero attached hydrogens (tertiary/aromatic N) is 3. The van der Waals surface area contributed by atoms with E-state index in [1.807, 2.05) is 36.1 Å². The van der Waals surface area contributed by atoms with Gasteiger partial charge in [-0.25, -0.2) is 0 Å². The standard InChI is InChI=1S/C26H31N5O3/c1-17-23(3-2-12-28-17)31(25(33)20-15-27-16-20)21-6-4-18(5-7-21)19-10-13-30(14-11-19)26(34)22-8-9-24(32)29-22/h2-7,12,19-20,22,27H,8-11,13-16H2,1H3,(H,29,32)/t22-/m0/s1. The van der Waals surface area contributed by atoms with Crippen LogP contribution in [0.2, 0.25) is 0 Å². The van der Waals surface area contributed by atoms with Gasteiger partial charge in [0.2, 0.25) is 17.7 Å². The van der Waals surface area contributed by atoms with Gasteiger partial charge >= 0.3 is 0 Å². The van der Waals surface area contributed by atoms with Crippen molar-refractivity contribution in [1.29, 1.82) is 0 Å². The number of carbonyl (C=O) groups is 3. The number of benzene rings is 1. The SMILES string of the molecule is Cc1ncccc1N(C(=O)C1CNC1)c1ccc(C2CCN(C(=O)[C@@H]3CCC(=O)N3)CC2)cc1. The third-order valence-corrected chi connectivity index (χ3v) is 7.29. The van der Waals surface area contributed by atoms with Crippen molar-refractivity contribution in [3.63, 3.8) is 0 Å². The van der Waals surface area contributed by atoms with Crippen LogP contribution in [0.3, 0.4) is 0 Å². The van der Waals surface area contributed by atoms with E-state index in [1.165, 1.54) is 5.56 Å². The van der Waals surface area contributed by atoms with Crippen molar-refractivity contribution in [1.82, 2.24) is 20.5 Å². The largest absolute Gasteiger partial charge is 0.344 e. The van der Waals surface area contributed by atoms with Crippen molar-refractivity contribution in [2.75, 3.05) is 31.1 Å². The quantitative estimate of drug-likeness (QED) is 0.712. The first-order valence-corrected chi connectivity index (χ1v) is 12.2. The first kappa shape index (κ1) is 22.5. The molecule has 3 fully saturated rings. The van der Waals surface area contributed by atoms with E-state index in [2.05, 4.69) is 27.8 Å². The van der Waals surface area contributed by atoms with Crippen LogP contribution < -0.4 is 15.5 Å². The Kier molecular flexibility index (Phi) is 6.32. The minimum atomic E-state index is -0.353. The molecule has 1 atom stereocenters. The summed E-state index contributed by atoms with van der Waals surface area (Å²) in [5.74, 6) is 0.456. The van der Waals surface area contributed by atoms with Crippen LogP contribution in [-0.2, 0) is 14.4 Å². The van der Waals surface area contributed by atoms with Gasteiger partial charge < -0.3 is 15.5 Å². The van der Waals surface area contributed by atoms with E-state index in [4.69, 9.17) is 0 Å². The van der Waals surface area contributed by atoms with Crippen molar-refractivity contribution < 1.29 is 14.4 Å². The summed E-state index contributed by atoms with van der Waals surface area (Å²) < 4.78 is 0. The first-order valence-electron chi connectivity index (χ1n) is 12.2. The van der Waals surface area contributed by atoms with E-state index in [0.717, 1.165) is 29.9 Å². The van der Waals surface area contributed by atoms with Crippen LogP contribution in [0.4, 0.5) is 11.4 Å². The smallest absolute Gasteiger partial charge is 0.245 e. The predicted molar refractivity (Wildman–Crippen MR) is 129 cm³/mol. The van der Waals surface area contributed by atoms with Gasteiger partial charge in [0.1, 0.15) is 6.04 Å². The highest BCUT2D eigenvalue weighted by atomic mass is 16.2. The van der Waals surface area contributed by atoms with Crippen LogP contribution in [0.1, 0.15) is 42.9 Å². The number of nitrogens with one attached hydrogen (secondary N) is 2. The van der Waals surface area contributed by atoms with Gasteiger partial charge in [0, 0.05) is 44.5 Å². The second-order valence-electron chi connectivity index (χ2n) is 9.49. The van der Waals surface area contributed by atoms with E-state index in [0.29, 0.717) is 44.9 Å². The lowest BCUT2D eigenvalue weighted by Crippen LogP contribution is -2.51. The second-order valence-corrected chi connectivity index (χ2v) is 9.49. The highest BCUT2D eigenvalue weighted by Gasteiger charge is 2.34. The molecule has 0 saturated carbocycles. The molecule has 3 amide bonds. The zero-order valence-corrected chi connectivity index (χ0v) is 19.5. The van der Waals surface area contributed by atoms with Crippen molar-refractivity contribution in [3.05, 3.63) is 53.9 Å². The number of amides is 3. The molecule has 2 N–H and O–H groups in total. The summed E-state index contributed by atoms with van der Waals surface area (Å²) in [7, 11) is 0. The van der Waals surface area contributed by atoms with Crippen LogP contribution in [0.25, 0.3) is 0 Å². The maximum absolute atomic E-state index is 13.3. The molecule has 8 nitrogen and oxygen atoms in total. The molecule has 0 unspecified atom stereocenters. The molecular weight excluding hydrogens is 430 g/mol. The van der Waals surface area contributed by atoms with E-state index >= 15 is 0 Å². The molecule has 3 saturated heterocycles. The average molecular weight is 462 g/mol. The maximum Gasteiger partial charge on any atom is 0.245 e. The number of hydrogen-bond donors (Lipinski definition) is 2.